The van der Waals surface area contributed by atoms with E-state index in [4.69, 9.17) is 10.8 Å². The van der Waals surface area contributed by atoms with Crippen LogP contribution in [0.5, 0.6) is 0 Å². The molecule has 0 aromatic carbocycles. The van der Waals surface area contributed by atoms with Gasteiger partial charge in [-0.15, -0.1) is 0 Å². The zero-order valence-electron chi connectivity index (χ0n) is 9.08. The Bertz CT molecular complexity index is 176. The van der Waals surface area contributed by atoms with Crippen molar-refractivity contribution in [1.29, 1.82) is 0 Å². The largest absolute Gasteiger partial charge is 0.480 e. The number of carboxylic acid groups (broad SMARTS) is 1. The van der Waals surface area contributed by atoms with Crippen molar-refractivity contribution < 1.29 is 9.90 Å². The topological polar surface area (TPSA) is 63.3 Å². The predicted molar refractivity (Wildman–Crippen MR) is 61.7 cm³/mol. The average Bonchev–Trinajstić information content (AvgIpc) is 2.17. The van der Waals surface area contributed by atoms with Crippen molar-refractivity contribution in [2.45, 2.75) is 45.1 Å². The van der Waals surface area contributed by atoms with E-state index in [9.17, 15) is 4.79 Å². The Hall–Kier alpha value is -0.220. The molecule has 0 aromatic heterocycles. The molecule has 0 aliphatic rings. The summed E-state index contributed by atoms with van der Waals surface area (Å²) >= 11 is 1.79. The van der Waals surface area contributed by atoms with Crippen LogP contribution in [0.25, 0.3) is 0 Å². The van der Waals surface area contributed by atoms with Gasteiger partial charge in [-0.2, -0.15) is 11.8 Å². The molecule has 0 rings (SSSR count). The number of thioether (sulfide) groups is 1. The van der Waals surface area contributed by atoms with Crippen molar-refractivity contribution in [2.24, 2.45) is 5.73 Å². The summed E-state index contributed by atoms with van der Waals surface area (Å²) in [6.45, 7) is 3.97. The Morgan fingerprint density at radius 2 is 2.07 bits per heavy atom. The average molecular weight is 219 g/mol. The number of nitrogens with two attached hydrogens (primary N) is 1. The summed E-state index contributed by atoms with van der Waals surface area (Å²) in [6, 6.07) is 0. The second kappa shape index (κ2) is 7.12. The van der Waals surface area contributed by atoms with E-state index in [1.165, 1.54) is 12.8 Å². The van der Waals surface area contributed by atoms with Crippen LogP contribution in [-0.2, 0) is 4.79 Å². The van der Waals surface area contributed by atoms with Gasteiger partial charge in [0.05, 0.1) is 0 Å². The lowest BCUT2D eigenvalue weighted by atomic mass is 9.95. The Labute approximate surface area is 90.4 Å². The molecule has 84 valence electrons. The molecule has 0 bridgehead atoms. The van der Waals surface area contributed by atoms with E-state index in [1.807, 2.05) is 6.92 Å². The van der Waals surface area contributed by atoms with Gasteiger partial charge in [0.2, 0.25) is 0 Å². The third-order valence-electron chi connectivity index (χ3n) is 2.39. The Kier molecular flexibility index (Phi) is 7.01. The van der Waals surface area contributed by atoms with Crippen molar-refractivity contribution in [2.75, 3.05) is 11.5 Å². The summed E-state index contributed by atoms with van der Waals surface area (Å²) in [4.78, 5) is 10.8. The summed E-state index contributed by atoms with van der Waals surface area (Å²) < 4.78 is 0. The maximum absolute atomic E-state index is 10.8. The SMILES string of the molecule is CCCCSCCC(N)(CC)C(=O)O. The number of rotatable bonds is 8. The van der Waals surface area contributed by atoms with Crippen LogP contribution in [0, 0.1) is 0 Å². The molecule has 4 heteroatoms. The normalized spacial score (nSPS) is 15.1. The molecule has 0 fully saturated rings. The van der Waals surface area contributed by atoms with Gasteiger partial charge in [0, 0.05) is 0 Å². The van der Waals surface area contributed by atoms with Gasteiger partial charge in [0.15, 0.2) is 0 Å². The van der Waals surface area contributed by atoms with Crippen molar-refractivity contribution in [1.82, 2.24) is 0 Å². The molecule has 3 N–H and O–H groups in total. The first-order chi connectivity index (χ1) is 6.56. The van der Waals surface area contributed by atoms with E-state index in [-0.39, 0.29) is 0 Å². The lowest BCUT2D eigenvalue weighted by Gasteiger charge is -2.22. The van der Waals surface area contributed by atoms with E-state index in [0.717, 1.165) is 11.5 Å². The fourth-order valence-electron chi connectivity index (χ4n) is 1.04. The number of aliphatic carboxylic acids is 1. The minimum atomic E-state index is -1.01. The van der Waals surface area contributed by atoms with Crippen LogP contribution in [0.15, 0.2) is 0 Å². The Morgan fingerprint density at radius 1 is 1.43 bits per heavy atom. The van der Waals surface area contributed by atoms with Gasteiger partial charge >= 0.3 is 5.97 Å². The molecule has 3 nitrogen and oxygen atoms in total. The maximum atomic E-state index is 10.8. The van der Waals surface area contributed by atoms with Crippen molar-refractivity contribution >= 4 is 17.7 Å². The highest BCUT2D eigenvalue weighted by atomic mass is 32.2. The third-order valence-corrected chi connectivity index (χ3v) is 3.46. The summed E-state index contributed by atoms with van der Waals surface area (Å²) in [7, 11) is 0. The molecular weight excluding hydrogens is 198 g/mol. The quantitative estimate of drug-likeness (QED) is 0.614. The molecule has 0 spiro atoms. The molecule has 1 atom stereocenters. The first-order valence-electron chi connectivity index (χ1n) is 5.17. The summed E-state index contributed by atoms with van der Waals surface area (Å²) in [5, 5.41) is 8.90. The van der Waals surface area contributed by atoms with Crippen LogP contribution in [0.2, 0.25) is 0 Å². The van der Waals surface area contributed by atoms with Crippen LogP contribution in [0.4, 0.5) is 0 Å². The smallest absolute Gasteiger partial charge is 0.323 e. The second-order valence-corrected chi connectivity index (χ2v) is 4.76. The fraction of sp³-hybridized carbons (Fsp3) is 0.900. The van der Waals surface area contributed by atoms with Crippen LogP contribution >= 0.6 is 11.8 Å². The minimum absolute atomic E-state index is 0.497. The van der Waals surface area contributed by atoms with Crippen molar-refractivity contribution in [3.8, 4) is 0 Å². The minimum Gasteiger partial charge on any atom is -0.480 e. The van der Waals surface area contributed by atoms with E-state index < -0.39 is 11.5 Å². The number of carbonyl (C=O) groups is 1. The molecule has 0 amide bonds. The molecule has 0 radical (unpaired) electrons. The zero-order chi connectivity index (χ0) is 11.0. The molecule has 0 aliphatic carbocycles. The van der Waals surface area contributed by atoms with Crippen molar-refractivity contribution in [3.63, 3.8) is 0 Å². The highest BCUT2D eigenvalue weighted by Crippen LogP contribution is 2.16. The fourth-order valence-corrected chi connectivity index (χ4v) is 2.24. The van der Waals surface area contributed by atoms with Crippen LogP contribution < -0.4 is 5.73 Å². The van der Waals surface area contributed by atoms with Gasteiger partial charge in [-0.05, 0) is 30.8 Å². The number of hydrogen-bond acceptors (Lipinski definition) is 3. The number of carboxylic acids is 1. The first-order valence-corrected chi connectivity index (χ1v) is 6.32. The Balaban J connectivity index is 3.68. The number of hydrogen-bond donors (Lipinski definition) is 2. The van der Waals surface area contributed by atoms with Crippen LogP contribution in [0.1, 0.15) is 39.5 Å². The highest BCUT2D eigenvalue weighted by molar-refractivity contribution is 7.99. The standard InChI is InChI=1S/C10H21NO2S/c1-3-5-7-14-8-6-10(11,4-2)9(12)13/h3-8,11H2,1-2H3,(H,12,13). The van der Waals surface area contributed by atoms with Gasteiger partial charge in [0.1, 0.15) is 5.54 Å². The van der Waals surface area contributed by atoms with Gasteiger partial charge in [-0.1, -0.05) is 20.3 Å². The molecule has 1 unspecified atom stereocenters. The summed E-state index contributed by atoms with van der Waals surface area (Å²) in [5.41, 5.74) is 4.73. The first kappa shape index (κ1) is 13.8. The van der Waals surface area contributed by atoms with E-state index in [1.54, 1.807) is 11.8 Å². The second-order valence-electron chi connectivity index (χ2n) is 3.53. The zero-order valence-corrected chi connectivity index (χ0v) is 9.90. The lowest BCUT2D eigenvalue weighted by Crippen LogP contribution is -2.47. The molecular formula is C10H21NO2S. The monoisotopic (exact) mass is 219 g/mol. The van der Waals surface area contributed by atoms with Gasteiger partial charge in [0.25, 0.3) is 0 Å². The molecule has 0 aliphatic heterocycles. The van der Waals surface area contributed by atoms with Gasteiger partial charge in [-0.3, -0.25) is 4.79 Å². The third kappa shape index (κ3) is 4.86. The van der Waals surface area contributed by atoms with Gasteiger partial charge in [-0.25, -0.2) is 0 Å². The van der Waals surface area contributed by atoms with Crippen molar-refractivity contribution in [3.05, 3.63) is 0 Å². The molecule has 14 heavy (non-hydrogen) atoms. The molecule has 0 saturated heterocycles. The Morgan fingerprint density at radius 3 is 2.50 bits per heavy atom. The number of unbranched alkanes of at least 4 members (excludes halogenated alkanes) is 1. The highest BCUT2D eigenvalue weighted by Gasteiger charge is 2.30. The van der Waals surface area contributed by atoms with E-state index in [0.29, 0.717) is 12.8 Å². The van der Waals surface area contributed by atoms with E-state index in [2.05, 4.69) is 6.92 Å². The molecule has 0 aromatic rings. The lowest BCUT2D eigenvalue weighted by molar-refractivity contribution is -0.143. The van der Waals surface area contributed by atoms with E-state index >= 15 is 0 Å². The van der Waals surface area contributed by atoms with Crippen LogP contribution in [0.3, 0.4) is 0 Å². The summed E-state index contributed by atoms with van der Waals surface area (Å²) in [6.07, 6.45) is 3.44. The molecule has 0 saturated carbocycles. The van der Waals surface area contributed by atoms with Gasteiger partial charge < -0.3 is 10.8 Å². The summed E-state index contributed by atoms with van der Waals surface area (Å²) in [5.74, 6) is 1.07. The predicted octanol–water partition coefficient (Wildman–Crippen LogP) is 2.10. The van der Waals surface area contributed by atoms with Crippen LogP contribution in [-0.4, -0.2) is 28.1 Å². The maximum Gasteiger partial charge on any atom is 0.323 e. The molecule has 0 heterocycles.